The van der Waals surface area contributed by atoms with Gasteiger partial charge < -0.3 is 15.1 Å². The first-order chi connectivity index (χ1) is 15.5. The maximum Gasteiger partial charge on any atom is 0.322 e. The molecule has 0 spiro atoms. The fraction of sp³-hybridized carbons (Fsp3) is 0.320. The van der Waals surface area contributed by atoms with E-state index >= 15 is 0 Å². The van der Waals surface area contributed by atoms with Gasteiger partial charge in [0.1, 0.15) is 5.54 Å². The van der Waals surface area contributed by atoms with E-state index in [1.54, 1.807) is 11.8 Å². The molecule has 2 N–H and O–H groups in total. The normalized spacial score (nSPS) is 20.3. The molecule has 2 aliphatic heterocycles. The van der Waals surface area contributed by atoms with Crippen molar-refractivity contribution >= 4 is 23.5 Å². The number of nitrogens with zero attached hydrogens (tertiary/aromatic N) is 2. The molecule has 32 heavy (non-hydrogen) atoms. The maximum absolute atomic E-state index is 12.8. The van der Waals surface area contributed by atoms with Crippen molar-refractivity contribution in [2.75, 3.05) is 31.1 Å². The van der Waals surface area contributed by atoms with Crippen LogP contribution in [0.5, 0.6) is 0 Å². The number of piperazine rings is 1. The highest BCUT2D eigenvalue weighted by molar-refractivity contribution is 6.08. The Morgan fingerprint density at radius 2 is 1.56 bits per heavy atom. The van der Waals surface area contributed by atoms with Crippen LogP contribution in [0.2, 0.25) is 0 Å². The lowest BCUT2D eigenvalue weighted by atomic mass is 9.91. The Hall–Kier alpha value is -3.79. The van der Waals surface area contributed by atoms with Crippen LogP contribution in [0.15, 0.2) is 54.6 Å². The minimum atomic E-state index is -1.14. The van der Waals surface area contributed by atoms with Crippen LogP contribution in [-0.4, -0.2) is 54.5 Å². The summed E-state index contributed by atoms with van der Waals surface area (Å²) in [5.74, 6) is 5.80. The summed E-state index contributed by atoms with van der Waals surface area (Å²) in [4.78, 5) is 40.5. The third-order valence-electron chi connectivity index (χ3n) is 6.06. The monoisotopic (exact) mass is 430 g/mol. The van der Waals surface area contributed by atoms with Gasteiger partial charge in [-0.2, -0.15) is 0 Å². The van der Waals surface area contributed by atoms with Crippen LogP contribution in [0.4, 0.5) is 10.5 Å². The number of carbonyl (C=O) groups is 3. The van der Waals surface area contributed by atoms with Crippen molar-refractivity contribution in [3.05, 3.63) is 65.7 Å². The lowest BCUT2D eigenvalue weighted by molar-refractivity contribution is -0.136. The first-order valence-corrected chi connectivity index (χ1v) is 10.8. The van der Waals surface area contributed by atoms with Gasteiger partial charge in [-0.3, -0.25) is 14.9 Å². The number of amides is 4. The summed E-state index contributed by atoms with van der Waals surface area (Å²) in [7, 11) is 0. The Morgan fingerprint density at radius 1 is 0.938 bits per heavy atom. The van der Waals surface area contributed by atoms with Gasteiger partial charge in [-0.1, -0.05) is 37.0 Å². The summed E-state index contributed by atoms with van der Waals surface area (Å²) in [5.41, 5.74) is 1.89. The number of hydrogen-bond acceptors (Lipinski definition) is 4. The van der Waals surface area contributed by atoms with E-state index in [1.807, 2.05) is 42.5 Å². The van der Waals surface area contributed by atoms with Gasteiger partial charge >= 0.3 is 6.03 Å². The number of hydrogen-bond donors (Lipinski definition) is 2. The second-order valence-electron chi connectivity index (χ2n) is 8.05. The summed E-state index contributed by atoms with van der Waals surface area (Å²) in [6, 6.07) is 17.5. The van der Waals surface area contributed by atoms with E-state index in [4.69, 9.17) is 0 Å². The fourth-order valence-electron chi connectivity index (χ4n) is 4.03. The van der Waals surface area contributed by atoms with Crippen molar-refractivity contribution < 1.29 is 14.4 Å². The second kappa shape index (κ2) is 9.15. The van der Waals surface area contributed by atoms with Crippen LogP contribution in [-0.2, 0) is 9.59 Å². The lowest BCUT2D eigenvalue weighted by Gasteiger charge is -2.37. The van der Waals surface area contributed by atoms with Gasteiger partial charge in [0.15, 0.2) is 0 Å². The van der Waals surface area contributed by atoms with Crippen molar-refractivity contribution in [1.82, 2.24) is 15.5 Å². The first-order valence-electron chi connectivity index (χ1n) is 10.8. The molecule has 2 aromatic carbocycles. The predicted octanol–water partition coefficient (Wildman–Crippen LogP) is 2.11. The molecule has 2 aliphatic rings. The summed E-state index contributed by atoms with van der Waals surface area (Å²) < 4.78 is 0. The zero-order chi connectivity index (χ0) is 22.6. The van der Waals surface area contributed by atoms with E-state index in [0.717, 1.165) is 16.8 Å². The molecular weight excluding hydrogens is 404 g/mol. The second-order valence-corrected chi connectivity index (χ2v) is 8.05. The predicted molar refractivity (Wildman–Crippen MR) is 122 cm³/mol. The van der Waals surface area contributed by atoms with E-state index in [0.29, 0.717) is 32.6 Å². The van der Waals surface area contributed by atoms with Crippen LogP contribution in [0.25, 0.3) is 0 Å². The third kappa shape index (κ3) is 4.59. The van der Waals surface area contributed by atoms with E-state index in [1.165, 1.54) is 0 Å². The van der Waals surface area contributed by atoms with Crippen molar-refractivity contribution in [1.29, 1.82) is 0 Å². The Bertz CT molecular complexity index is 1060. The van der Waals surface area contributed by atoms with Crippen LogP contribution < -0.4 is 15.5 Å². The molecule has 0 saturated carbocycles. The van der Waals surface area contributed by atoms with E-state index in [2.05, 4.69) is 39.5 Å². The quantitative estimate of drug-likeness (QED) is 0.575. The maximum atomic E-state index is 12.8. The number of carbonyl (C=O) groups excluding carboxylic acids is 3. The van der Waals surface area contributed by atoms with Gasteiger partial charge in [0.2, 0.25) is 5.91 Å². The van der Waals surface area contributed by atoms with Crippen molar-refractivity contribution in [3.8, 4) is 11.8 Å². The van der Waals surface area contributed by atoms with Crippen LogP contribution in [0, 0.1) is 11.8 Å². The molecule has 0 aliphatic carbocycles. The van der Waals surface area contributed by atoms with Gasteiger partial charge in [-0.25, -0.2) is 4.79 Å². The molecule has 4 rings (SSSR count). The molecule has 7 nitrogen and oxygen atoms in total. The number of benzene rings is 2. The molecule has 0 aromatic heterocycles. The minimum absolute atomic E-state index is 0.0180. The molecule has 0 bridgehead atoms. The smallest absolute Gasteiger partial charge is 0.322 e. The molecule has 0 radical (unpaired) electrons. The largest absolute Gasteiger partial charge is 0.368 e. The Kier molecular flexibility index (Phi) is 6.13. The number of urea groups is 1. The highest BCUT2D eigenvalue weighted by Crippen LogP contribution is 2.23. The zero-order valence-corrected chi connectivity index (χ0v) is 18.1. The number of rotatable bonds is 4. The van der Waals surface area contributed by atoms with E-state index in [-0.39, 0.29) is 12.3 Å². The van der Waals surface area contributed by atoms with Crippen molar-refractivity contribution in [3.63, 3.8) is 0 Å². The Balaban J connectivity index is 1.33. The first kappa shape index (κ1) is 21.4. The Morgan fingerprint density at radius 3 is 2.12 bits per heavy atom. The van der Waals surface area contributed by atoms with Gasteiger partial charge in [0, 0.05) is 43.0 Å². The molecule has 2 aromatic rings. The molecule has 2 fully saturated rings. The standard InChI is InChI=1S/C25H26N4O3/c1-2-25(23(31)26-24(32)27-25)18-22(30)29-16-14-28(15-17-29)21-12-10-20(11-13-21)9-8-19-6-4-3-5-7-19/h3-7,10-13H,2,14-18H2,1H3,(H2,26,27,31,32). The summed E-state index contributed by atoms with van der Waals surface area (Å²) in [6.07, 6.45) is 0.353. The number of nitrogens with one attached hydrogen (secondary N) is 2. The minimum Gasteiger partial charge on any atom is -0.368 e. The number of imide groups is 1. The third-order valence-corrected chi connectivity index (χ3v) is 6.06. The molecule has 164 valence electrons. The highest BCUT2D eigenvalue weighted by atomic mass is 16.2. The van der Waals surface area contributed by atoms with E-state index in [9.17, 15) is 14.4 Å². The SMILES string of the molecule is CCC1(CC(=O)N2CCN(c3ccc(C#Cc4ccccc4)cc3)CC2)NC(=O)NC1=O. The van der Waals surface area contributed by atoms with Crippen LogP contribution in [0.3, 0.4) is 0 Å². The topological polar surface area (TPSA) is 81.8 Å². The van der Waals surface area contributed by atoms with Crippen LogP contribution >= 0.6 is 0 Å². The van der Waals surface area contributed by atoms with Gasteiger partial charge in [0.05, 0.1) is 6.42 Å². The van der Waals surface area contributed by atoms with Gasteiger partial charge in [-0.05, 0) is 42.8 Å². The Labute approximate surface area is 187 Å². The highest BCUT2D eigenvalue weighted by Gasteiger charge is 2.47. The van der Waals surface area contributed by atoms with Crippen molar-refractivity contribution in [2.45, 2.75) is 25.3 Å². The lowest BCUT2D eigenvalue weighted by Crippen LogP contribution is -2.54. The van der Waals surface area contributed by atoms with Crippen LogP contribution in [0.1, 0.15) is 30.9 Å². The fourth-order valence-corrected chi connectivity index (χ4v) is 4.03. The molecule has 4 amide bonds. The molecular formula is C25H26N4O3. The average molecular weight is 431 g/mol. The van der Waals surface area contributed by atoms with Gasteiger partial charge in [-0.15, -0.1) is 0 Å². The summed E-state index contributed by atoms with van der Waals surface area (Å²) in [6.45, 7) is 4.36. The molecule has 2 saturated heterocycles. The van der Waals surface area contributed by atoms with Crippen molar-refractivity contribution in [2.24, 2.45) is 0 Å². The summed E-state index contributed by atoms with van der Waals surface area (Å²) in [5, 5.41) is 4.87. The van der Waals surface area contributed by atoms with Gasteiger partial charge in [0.25, 0.3) is 5.91 Å². The molecule has 7 heteroatoms. The molecule has 2 heterocycles. The zero-order valence-electron chi connectivity index (χ0n) is 18.1. The molecule has 1 atom stereocenters. The number of anilines is 1. The molecule has 1 unspecified atom stereocenters. The average Bonchev–Trinajstić information content (AvgIpc) is 3.11. The summed E-state index contributed by atoms with van der Waals surface area (Å²) >= 11 is 0. The van der Waals surface area contributed by atoms with E-state index < -0.39 is 17.5 Å².